The molecule has 1 atom stereocenters. The van der Waals surface area contributed by atoms with Crippen molar-refractivity contribution >= 4 is 45.7 Å². The third-order valence-electron chi connectivity index (χ3n) is 4.26. The monoisotopic (exact) mass is 399 g/mol. The first-order valence-electron chi connectivity index (χ1n) is 8.36. The van der Waals surface area contributed by atoms with Gasteiger partial charge in [-0.3, -0.25) is 18.6 Å². The lowest BCUT2D eigenvalue weighted by Gasteiger charge is -2.11. The molecule has 0 saturated carbocycles. The van der Waals surface area contributed by atoms with E-state index in [-0.39, 0.29) is 16.7 Å². The number of thiophene rings is 1. The minimum Gasteiger partial charge on any atom is -0.350 e. The van der Waals surface area contributed by atoms with Gasteiger partial charge in [0.05, 0.1) is 22.7 Å². The molecule has 0 fully saturated rings. The first-order chi connectivity index (χ1) is 13.1. The van der Waals surface area contributed by atoms with E-state index in [1.165, 1.54) is 16.3 Å². The van der Waals surface area contributed by atoms with E-state index in [9.17, 15) is 9.59 Å². The van der Waals surface area contributed by atoms with Gasteiger partial charge in [-0.1, -0.05) is 30.0 Å². The molecule has 0 spiro atoms. The summed E-state index contributed by atoms with van der Waals surface area (Å²) >= 11 is 2.93. The number of nitrogens with zero attached hydrogens (tertiary/aromatic N) is 4. The van der Waals surface area contributed by atoms with Crippen LogP contribution in [0.4, 0.5) is 0 Å². The molecule has 1 amide bonds. The van der Waals surface area contributed by atoms with Crippen molar-refractivity contribution in [1.29, 1.82) is 0 Å². The molecule has 0 radical (unpaired) electrons. The Morgan fingerprint density at radius 3 is 2.85 bits per heavy atom. The Hall–Kier alpha value is -2.65. The molecular formula is C18H17N5O2S2. The average molecular weight is 400 g/mol. The molecule has 0 aliphatic carbocycles. The van der Waals surface area contributed by atoms with Crippen LogP contribution in [0.3, 0.4) is 0 Å². The number of carbonyl (C=O) groups is 1. The third kappa shape index (κ3) is 3.24. The number of nitrogens with one attached hydrogen (secondary N) is 1. The molecule has 0 bridgehead atoms. The number of thioether (sulfide) groups is 1. The normalized spacial score (nSPS) is 12.5. The van der Waals surface area contributed by atoms with Crippen molar-refractivity contribution in [3.8, 4) is 0 Å². The molecule has 3 heterocycles. The van der Waals surface area contributed by atoms with E-state index in [2.05, 4.69) is 15.5 Å². The maximum absolute atomic E-state index is 12.5. The number of amides is 1. The minimum absolute atomic E-state index is 0.0701. The lowest BCUT2D eigenvalue weighted by molar-refractivity contribution is -0.120. The molecule has 1 aromatic carbocycles. The Bertz CT molecular complexity index is 1180. The Morgan fingerprint density at radius 1 is 1.26 bits per heavy atom. The molecular weight excluding hydrogens is 382 g/mol. The van der Waals surface area contributed by atoms with Crippen molar-refractivity contribution in [2.75, 3.05) is 0 Å². The minimum atomic E-state index is -0.353. The second-order valence-corrected chi connectivity index (χ2v) is 8.40. The van der Waals surface area contributed by atoms with Gasteiger partial charge in [0.15, 0.2) is 5.16 Å². The van der Waals surface area contributed by atoms with Crippen LogP contribution in [0.1, 0.15) is 11.8 Å². The van der Waals surface area contributed by atoms with Crippen LogP contribution >= 0.6 is 23.1 Å². The molecule has 1 N–H and O–H groups in total. The van der Waals surface area contributed by atoms with Gasteiger partial charge in [-0.25, -0.2) is 0 Å². The Morgan fingerprint density at radius 2 is 2.07 bits per heavy atom. The van der Waals surface area contributed by atoms with E-state index in [0.29, 0.717) is 22.9 Å². The van der Waals surface area contributed by atoms with E-state index in [1.807, 2.05) is 47.0 Å². The maximum atomic E-state index is 12.5. The summed E-state index contributed by atoms with van der Waals surface area (Å²) in [6, 6.07) is 11.3. The van der Waals surface area contributed by atoms with Gasteiger partial charge in [0.25, 0.3) is 5.56 Å². The number of carbonyl (C=O) groups excluding carboxylic acids is 1. The first-order valence-corrected chi connectivity index (χ1v) is 10.1. The summed E-state index contributed by atoms with van der Waals surface area (Å²) in [6.45, 7) is 2.35. The second-order valence-electron chi connectivity index (χ2n) is 6.06. The van der Waals surface area contributed by atoms with Gasteiger partial charge < -0.3 is 5.32 Å². The summed E-state index contributed by atoms with van der Waals surface area (Å²) < 4.78 is 3.30. The fourth-order valence-corrected chi connectivity index (χ4v) is 4.35. The van der Waals surface area contributed by atoms with E-state index >= 15 is 0 Å². The SMILES string of the molecule is CC(Sc1nnc2n(C)c(=O)c3ccccc3n12)C(=O)NCc1cccs1. The first kappa shape index (κ1) is 17.7. The van der Waals surface area contributed by atoms with Gasteiger partial charge in [0, 0.05) is 11.9 Å². The lowest BCUT2D eigenvalue weighted by atomic mass is 10.2. The van der Waals surface area contributed by atoms with Gasteiger partial charge in [0.2, 0.25) is 11.7 Å². The van der Waals surface area contributed by atoms with Crippen LogP contribution in [0.15, 0.2) is 51.7 Å². The summed E-state index contributed by atoms with van der Waals surface area (Å²) in [5, 5.41) is 14.1. The zero-order chi connectivity index (χ0) is 19.0. The zero-order valence-electron chi connectivity index (χ0n) is 14.7. The molecule has 1 unspecified atom stereocenters. The zero-order valence-corrected chi connectivity index (χ0v) is 16.4. The fraction of sp³-hybridized carbons (Fsp3) is 0.222. The Labute approximate surface area is 163 Å². The van der Waals surface area contributed by atoms with E-state index in [1.54, 1.807) is 24.5 Å². The second kappa shape index (κ2) is 7.16. The number of aryl methyl sites for hydroxylation is 1. The van der Waals surface area contributed by atoms with E-state index in [4.69, 9.17) is 0 Å². The van der Waals surface area contributed by atoms with Crippen molar-refractivity contribution in [2.24, 2.45) is 7.05 Å². The Balaban J connectivity index is 1.64. The van der Waals surface area contributed by atoms with Crippen LogP contribution in [0.25, 0.3) is 16.7 Å². The van der Waals surface area contributed by atoms with Gasteiger partial charge >= 0.3 is 0 Å². The van der Waals surface area contributed by atoms with Crippen LogP contribution in [0, 0.1) is 0 Å². The van der Waals surface area contributed by atoms with Crippen molar-refractivity contribution in [3.05, 3.63) is 57.0 Å². The van der Waals surface area contributed by atoms with Crippen LogP contribution in [-0.2, 0) is 18.4 Å². The number of benzene rings is 1. The fourth-order valence-electron chi connectivity index (χ4n) is 2.83. The molecule has 27 heavy (non-hydrogen) atoms. The van der Waals surface area contributed by atoms with Gasteiger partial charge in [-0.15, -0.1) is 21.5 Å². The molecule has 0 saturated heterocycles. The summed E-state index contributed by atoms with van der Waals surface area (Å²) in [6.07, 6.45) is 0. The van der Waals surface area contributed by atoms with Gasteiger partial charge in [0.1, 0.15) is 0 Å². The predicted octanol–water partition coefficient (Wildman–Crippen LogP) is 2.44. The number of rotatable bonds is 5. The molecule has 4 aromatic rings. The largest absolute Gasteiger partial charge is 0.350 e. The number of fused-ring (bicyclic) bond motifs is 3. The summed E-state index contributed by atoms with van der Waals surface area (Å²) in [5.41, 5.74) is 0.609. The smallest absolute Gasteiger partial charge is 0.262 e. The highest BCUT2D eigenvalue weighted by Gasteiger charge is 2.20. The number of aromatic nitrogens is 4. The molecule has 7 nitrogen and oxygen atoms in total. The average Bonchev–Trinajstić information content (AvgIpc) is 3.34. The molecule has 138 valence electrons. The summed E-state index contributed by atoms with van der Waals surface area (Å²) in [4.78, 5) is 26.0. The van der Waals surface area contributed by atoms with Gasteiger partial charge in [-0.2, -0.15) is 0 Å². The highest BCUT2D eigenvalue weighted by Crippen LogP contribution is 2.25. The topological polar surface area (TPSA) is 81.3 Å². The van der Waals surface area contributed by atoms with Crippen molar-refractivity contribution in [2.45, 2.75) is 23.9 Å². The predicted molar refractivity (Wildman–Crippen MR) is 107 cm³/mol. The van der Waals surface area contributed by atoms with Crippen LogP contribution in [0.5, 0.6) is 0 Å². The quantitative estimate of drug-likeness (QED) is 0.521. The number of hydrogen-bond donors (Lipinski definition) is 1. The van der Waals surface area contributed by atoms with Gasteiger partial charge in [-0.05, 0) is 30.5 Å². The standard InChI is InChI=1S/C18H17N5O2S2/c1-11(15(24)19-10-12-6-5-9-26-12)27-18-21-20-17-22(2)16(25)13-7-3-4-8-14(13)23(17)18/h3-9,11H,10H2,1-2H3,(H,19,24). The molecule has 9 heteroatoms. The summed E-state index contributed by atoms with van der Waals surface area (Å²) in [7, 11) is 1.67. The molecule has 4 rings (SSSR count). The number of para-hydroxylation sites is 1. The van der Waals surface area contributed by atoms with E-state index in [0.717, 1.165) is 10.4 Å². The van der Waals surface area contributed by atoms with Crippen LogP contribution in [0.2, 0.25) is 0 Å². The summed E-state index contributed by atoms with van der Waals surface area (Å²) in [5.74, 6) is 0.381. The molecule has 0 aliphatic heterocycles. The van der Waals surface area contributed by atoms with Crippen LogP contribution in [-0.4, -0.2) is 30.3 Å². The lowest BCUT2D eigenvalue weighted by Crippen LogP contribution is -2.30. The van der Waals surface area contributed by atoms with Crippen molar-refractivity contribution in [3.63, 3.8) is 0 Å². The van der Waals surface area contributed by atoms with E-state index < -0.39 is 0 Å². The Kier molecular flexibility index (Phi) is 4.71. The van der Waals surface area contributed by atoms with Crippen molar-refractivity contribution < 1.29 is 4.79 Å². The number of hydrogen-bond acceptors (Lipinski definition) is 6. The highest BCUT2D eigenvalue weighted by molar-refractivity contribution is 8.00. The van der Waals surface area contributed by atoms with Crippen LogP contribution < -0.4 is 10.9 Å². The molecule has 3 aromatic heterocycles. The highest BCUT2D eigenvalue weighted by atomic mass is 32.2. The molecule has 0 aliphatic rings. The maximum Gasteiger partial charge on any atom is 0.262 e. The van der Waals surface area contributed by atoms with Crippen molar-refractivity contribution in [1.82, 2.24) is 24.5 Å². The third-order valence-corrected chi connectivity index (χ3v) is 6.18.